The van der Waals surface area contributed by atoms with Gasteiger partial charge in [-0.3, -0.25) is 5.73 Å². The van der Waals surface area contributed by atoms with E-state index in [2.05, 4.69) is 33.9 Å². The smallest absolute Gasteiger partial charge is 0.191 e. The molecule has 0 bridgehead atoms. The average Bonchev–Trinajstić information content (AvgIpc) is 1.85. The summed E-state index contributed by atoms with van der Waals surface area (Å²) in [6.07, 6.45) is 0.868. The summed E-state index contributed by atoms with van der Waals surface area (Å²) in [5.74, 6) is 0. The molecular formula is C9H22NOSi. The zero-order valence-electron chi connectivity index (χ0n) is 9.03. The standard InChI is InChI=1S/C9H22NOSi/c1-9(2,3)12(4,5)11-8-6-7-10/h10H,6-8H2,1-5H3. The number of rotatable bonds is 4. The summed E-state index contributed by atoms with van der Waals surface area (Å²) in [7, 11) is -1.53. The van der Waals surface area contributed by atoms with E-state index in [4.69, 9.17) is 10.2 Å². The molecule has 0 saturated heterocycles. The van der Waals surface area contributed by atoms with Crippen LogP contribution in [0.1, 0.15) is 27.2 Å². The van der Waals surface area contributed by atoms with Gasteiger partial charge in [0.15, 0.2) is 8.32 Å². The van der Waals surface area contributed by atoms with Crippen LogP contribution in [0, 0.1) is 0 Å². The summed E-state index contributed by atoms with van der Waals surface area (Å²) in [6, 6.07) is 0. The molecule has 0 aromatic carbocycles. The van der Waals surface area contributed by atoms with Crippen molar-refractivity contribution in [2.75, 3.05) is 13.2 Å². The first-order valence-corrected chi connectivity index (χ1v) is 7.50. The van der Waals surface area contributed by atoms with Crippen LogP contribution in [-0.2, 0) is 4.43 Å². The van der Waals surface area contributed by atoms with Crippen molar-refractivity contribution in [3.63, 3.8) is 0 Å². The molecule has 0 aromatic heterocycles. The molecule has 0 spiro atoms. The van der Waals surface area contributed by atoms with Crippen molar-refractivity contribution in [2.45, 2.75) is 45.3 Å². The minimum absolute atomic E-state index is 0.301. The van der Waals surface area contributed by atoms with Crippen LogP contribution in [0.4, 0.5) is 0 Å². The van der Waals surface area contributed by atoms with Gasteiger partial charge in [0.2, 0.25) is 0 Å². The van der Waals surface area contributed by atoms with Crippen LogP contribution in [0.2, 0.25) is 18.1 Å². The van der Waals surface area contributed by atoms with Gasteiger partial charge in [-0.05, 0) is 24.6 Å². The van der Waals surface area contributed by atoms with Crippen LogP contribution in [-0.4, -0.2) is 21.5 Å². The highest BCUT2D eigenvalue weighted by molar-refractivity contribution is 6.74. The molecule has 0 amide bonds. The average molecular weight is 188 g/mol. The summed E-state index contributed by atoms with van der Waals surface area (Å²) >= 11 is 0. The minimum atomic E-state index is -1.53. The van der Waals surface area contributed by atoms with Crippen LogP contribution in [0.5, 0.6) is 0 Å². The highest BCUT2D eigenvalue weighted by Gasteiger charge is 2.36. The van der Waals surface area contributed by atoms with E-state index in [0.29, 0.717) is 11.6 Å². The largest absolute Gasteiger partial charge is 0.417 e. The summed E-state index contributed by atoms with van der Waals surface area (Å²) in [5.41, 5.74) is 7.00. The third-order valence-electron chi connectivity index (χ3n) is 2.59. The third kappa shape index (κ3) is 3.69. The molecule has 0 aliphatic rings. The van der Waals surface area contributed by atoms with Gasteiger partial charge in [-0.1, -0.05) is 20.8 Å². The monoisotopic (exact) mass is 188 g/mol. The van der Waals surface area contributed by atoms with Crippen LogP contribution >= 0.6 is 0 Å². The Morgan fingerprint density at radius 1 is 1.25 bits per heavy atom. The molecule has 0 saturated carbocycles. The Hall–Kier alpha value is 0.137. The third-order valence-corrected chi connectivity index (χ3v) is 7.13. The van der Waals surface area contributed by atoms with E-state index >= 15 is 0 Å². The molecule has 3 heteroatoms. The molecule has 0 unspecified atom stereocenters. The van der Waals surface area contributed by atoms with Gasteiger partial charge in [0.1, 0.15) is 0 Å². The normalized spacial score (nSPS) is 13.5. The quantitative estimate of drug-likeness (QED) is 0.493. The van der Waals surface area contributed by atoms with E-state index in [-0.39, 0.29) is 0 Å². The van der Waals surface area contributed by atoms with E-state index in [1.54, 1.807) is 0 Å². The summed E-state index contributed by atoms with van der Waals surface area (Å²) in [6.45, 7) is 12.4. The highest BCUT2D eigenvalue weighted by atomic mass is 28.4. The Labute approximate surface area is 77.6 Å². The molecule has 12 heavy (non-hydrogen) atoms. The van der Waals surface area contributed by atoms with Crippen molar-refractivity contribution < 1.29 is 4.43 Å². The van der Waals surface area contributed by atoms with Crippen molar-refractivity contribution in [1.82, 2.24) is 5.73 Å². The van der Waals surface area contributed by atoms with Gasteiger partial charge in [-0.15, -0.1) is 0 Å². The molecular weight excluding hydrogens is 166 g/mol. The second-order valence-electron chi connectivity index (χ2n) is 4.71. The SMILES string of the molecule is CC(C)(C)[Si](C)(C)OCCC[NH]. The zero-order chi connectivity index (χ0) is 9.83. The van der Waals surface area contributed by atoms with Gasteiger partial charge in [-0.2, -0.15) is 0 Å². The molecule has 73 valence electrons. The van der Waals surface area contributed by atoms with Crippen LogP contribution in [0.25, 0.3) is 0 Å². The van der Waals surface area contributed by atoms with Crippen LogP contribution in [0.3, 0.4) is 0 Å². The first-order valence-electron chi connectivity index (χ1n) is 4.60. The minimum Gasteiger partial charge on any atom is -0.417 e. The molecule has 2 nitrogen and oxygen atoms in total. The van der Waals surface area contributed by atoms with Gasteiger partial charge >= 0.3 is 0 Å². The summed E-state index contributed by atoms with van der Waals surface area (Å²) in [5, 5.41) is 0.301. The predicted molar refractivity (Wildman–Crippen MR) is 55.7 cm³/mol. The maximum absolute atomic E-state index is 7.00. The molecule has 0 rings (SSSR count). The Morgan fingerprint density at radius 2 is 1.75 bits per heavy atom. The Kier molecular flexibility index (Phi) is 4.44. The van der Waals surface area contributed by atoms with Gasteiger partial charge in [-0.25, -0.2) is 0 Å². The summed E-state index contributed by atoms with van der Waals surface area (Å²) in [4.78, 5) is 0. The lowest BCUT2D eigenvalue weighted by Gasteiger charge is -2.36. The maximum Gasteiger partial charge on any atom is 0.191 e. The predicted octanol–water partition coefficient (Wildman–Crippen LogP) is 2.68. The molecule has 1 N–H and O–H groups in total. The number of hydrogen-bond acceptors (Lipinski definition) is 1. The van der Waals surface area contributed by atoms with Crippen molar-refractivity contribution in [1.29, 1.82) is 0 Å². The van der Waals surface area contributed by atoms with Gasteiger partial charge in [0, 0.05) is 13.2 Å². The van der Waals surface area contributed by atoms with E-state index < -0.39 is 8.32 Å². The van der Waals surface area contributed by atoms with Crippen molar-refractivity contribution in [3.05, 3.63) is 0 Å². The lowest BCUT2D eigenvalue weighted by Crippen LogP contribution is -2.41. The lowest BCUT2D eigenvalue weighted by molar-refractivity contribution is 0.284. The maximum atomic E-state index is 7.00. The fourth-order valence-electron chi connectivity index (χ4n) is 0.616. The van der Waals surface area contributed by atoms with Gasteiger partial charge < -0.3 is 4.43 Å². The van der Waals surface area contributed by atoms with Crippen LogP contribution < -0.4 is 5.73 Å². The fourth-order valence-corrected chi connectivity index (χ4v) is 1.70. The van der Waals surface area contributed by atoms with Gasteiger partial charge in [0.25, 0.3) is 0 Å². The van der Waals surface area contributed by atoms with Crippen molar-refractivity contribution in [2.24, 2.45) is 0 Å². The Morgan fingerprint density at radius 3 is 2.08 bits per heavy atom. The Balaban J connectivity index is 3.88. The summed E-state index contributed by atoms with van der Waals surface area (Å²) < 4.78 is 5.85. The molecule has 0 atom stereocenters. The van der Waals surface area contributed by atoms with E-state index in [1.165, 1.54) is 0 Å². The molecule has 0 aliphatic heterocycles. The van der Waals surface area contributed by atoms with Crippen LogP contribution in [0.15, 0.2) is 0 Å². The van der Waals surface area contributed by atoms with Gasteiger partial charge in [0.05, 0.1) is 0 Å². The fraction of sp³-hybridized carbons (Fsp3) is 1.00. The lowest BCUT2D eigenvalue weighted by atomic mass is 10.2. The van der Waals surface area contributed by atoms with Crippen molar-refractivity contribution in [3.8, 4) is 0 Å². The van der Waals surface area contributed by atoms with Crippen molar-refractivity contribution >= 4 is 8.32 Å². The number of nitrogens with one attached hydrogen (secondary N) is 1. The topological polar surface area (TPSA) is 33.0 Å². The molecule has 0 aromatic rings. The highest BCUT2D eigenvalue weighted by Crippen LogP contribution is 2.36. The molecule has 0 heterocycles. The number of hydrogen-bond donors (Lipinski definition) is 0. The van der Waals surface area contributed by atoms with E-state index in [0.717, 1.165) is 13.0 Å². The molecule has 0 fully saturated rings. The first-order chi connectivity index (χ1) is 5.31. The second-order valence-corrected chi connectivity index (χ2v) is 9.52. The Bertz CT molecular complexity index is 129. The first kappa shape index (κ1) is 12.1. The second kappa shape index (κ2) is 4.39. The van der Waals surface area contributed by atoms with E-state index in [9.17, 15) is 0 Å². The molecule has 1 radical (unpaired) electrons. The zero-order valence-corrected chi connectivity index (χ0v) is 10.0. The van der Waals surface area contributed by atoms with E-state index in [1.807, 2.05) is 0 Å². The molecule has 0 aliphatic carbocycles.